The van der Waals surface area contributed by atoms with Crippen LogP contribution in [0.3, 0.4) is 0 Å². The molecule has 0 aliphatic carbocycles. The van der Waals surface area contributed by atoms with Gasteiger partial charge in [0.15, 0.2) is 0 Å². The Morgan fingerprint density at radius 2 is 2.10 bits per heavy atom. The molecule has 110 valence electrons. The normalized spacial score (nSPS) is 12.0. The number of amides is 1. The third kappa shape index (κ3) is 3.51. The molecule has 1 unspecified atom stereocenters. The predicted molar refractivity (Wildman–Crippen MR) is 80.5 cm³/mol. The van der Waals surface area contributed by atoms with Crippen LogP contribution in [-0.2, 0) is 0 Å². The molecule has 1 atom stereocenters. The first-order valence-corrected chi connectivity index (χ1v) is 6.77. The number of benzene rings is 1. The van der Waals surface area contributed by atoms with Gasteiger partial charge in [-0.25, -0.2) is 0 Å². The molecular weight excluding hydrogens is 292 g/mol. The van der Waals surface area contributed by atoms with Crippen molar-refractivity contribution in [1.29, 1.82) is 0 Å². The van der Waals surface area contributed by atoms with E-state index in [0.717, 1.165) is 0 Å². The summed E-state index contributed by atoms with van der Waals surface area (Å²) in [5.74, 6) is -0.527. The van der Waals surface area contributed by atoms with E-state index in [-0.39, 0.29) is 12.1 Å². The molecule has 0 saturated carbocycles. The highest BCUT2D eigenvalue weighted by Gasteiger charge is 2.16. The van der Waals surface area contributed by atoms with Crippen LogP contribution >= 0.6 is 11.6 Å². The molecule has 0 aliphatic heterocycles. The van der Waals surface area contributed by atoms with Gasteiger partial charge in [0.1, 0.15) is 5.56 Å². The second kappa shape index (κ2) is 6.56. The minimum absolute atomic E-state index is 0.0314. The number of halogens is 1. The number of nitrogens with one attached hydrogen (secondary N) is 2. The molecule has 1 amide bonds. The standard InChI is InChI=1S/C15H15ClN2O3/c1-9-6-7-17-14(20)13(9)15(21)18-8-12(19)10-4-2-3-5-11(10)16/h2-7,12,19H,8H2,1H3,(H,17,20)(H,18,21). The highest BCUT2D eigenvalue weighted by atomic mass is 35.5. The smallest absolute Gasteiger partial charge is 0.261 e. The van der Waals surface area contributed by atoms with Crippen LogP contribution in [0.1, 0.15) is 27.6 Å². The van der Waals surface area contributed by atoms with E-state index in [0.29, 0.717) is 16.1 Å². The summed E-state index contributed by atoms with van der Waals surface area (Å²) < 4.78 is 0. The second-order valence-electron chi connectivity index (χ2n) is 4.61. The summed E-state index contributed by atoms with van der Waals surface area (Å²) in [5.41, 5.74) is 0.685. The molecule has 21 heavy (non-hydrogen) atoms. The van der Waals surface area contributed by atoms with Crippen molar-refractivity contribution in [1.82, 2.24) is 10.3 Å². The van der Waals surface area contributed by atoms with Gasteiger partial charge < -0.3 is 15.4 Å². The zero-order valence-corrected chi connectivity index (χ0v) is 12.1. The number of H-pyrrole nitrogens is 1. The fourth-order valence-electron chi connectivity index (χ4n) is 1.99. The number of aliphatic hydroxyl groups excluding tert-OH is 1. The summed E-state index contributed by atoms with van der Waals surface area (Å²) >= 11 is 5.97. The number of carbonyl (C=O) groups is 1. The largest absolute Gasteiger partial charge is 0.387 e. The first kappa shape index (κ1) is 15.3. The van der Waals surface area contributed by atoms with Crippen LogP contribution < -0.4 is 10.9 Å². The second-order valence-corrected chi connectivity index (χ2v) is 5.02. The predicted octanol–water partition coefficient (Wildman–Crippen LogP) is 1.80. The third-order valence-corrected chi connectivity index (χ3v) is 3.46. The van der Waals surface area contributed by atoms with Crippen molar-refractivity contribution in [2.45, 2.75) is 13.0 Å². The Morgan fingerprint density at radius 1 is 1.38 bits per heavy atom. The average molecular weight is 307 g/mol. The third-order valence-electron chi connectivity index (χ3n) is 3.12. The van der Waals surface area contributed by atoms with E-state index in [1.165, 1.54) is 6.20 Å². The number of hydrogen-bond acceptors (Lipinski definition) is 3. The highest BCUT2D eigenvalue weighted by molar-refractivity contribution is 6.31. The number of carbonyl (C=O) groups excluding carboxylic acids is 1. The van der Waals surface area contributed by atoms with Gasteiger partial charge in [-0.15, -0.1) is 0 Å². The first-order valence-electron chi connectivity index (χ1n) is 6.39. The fraction of sp³-hybridized carbons (Fsp3) is 0.200. The Kier molecular flexibility index (Phi) is 4.77. The molecule has 2 rings (SSSR count). The number of pyridine rings is 1. The van der Waals surface area contributed by atoms with Crippen molar-refractivity contribution in [3.05, 3.63) is 68.6 Å². The molecule has 1 aromatic carbocycles. The topological polar surface area (TPSA) is 82.2 Å². The number of hydrogen-bond donors (Lipinski definition) is 3. The lowest BCUT2D eigenvalue weighted by molar-refractivity contribution is 0.0914. The van der Waals surface area contributed by atoms with Crippen LogP contribution in [0.15, 0.2) is 41.3 Å². The van der Waals surface area contributed by atoms with E-state index in [2.05, 4.69) is 10.3 Å². The molecule has 0 radical (unpaired) electrons. The maximum atomic E-state index is 12.0. The molecular formula is C15H15ClN2O3. The van der Waals surface area contributed by atoms with Gasteiger partial charge in [-0.05, 0) is 24.6 Å². The molecule has 3 N–H and O–H groups in total. The minimum atomic E-state index is -0.939. The van der Waals surface area contributed by atoms with E-state index in [4.69, 9.17) is 11.6 Å². The van der Waals surface area contributed by atoms with Gasteiger partial charge in [-0.1, -0.05) is 29.8 Å². The summed E-state index contributed by atoms with van der Waals surface area (Å²) in [6.45, 7) is 1.64. The van der Waals surface area contributed by atoms with Gasteiger partial charge in [0.05, 0.1) is 6.10 Å². The van der Waals surface area contributed by atoms with Crippen LogP contribution in [0.2, 0.25) is 5.02 Å². The summed E-state index contributed by atoms with van der Waals surface area (Å²) in [5, 5.41) is 13.0. The number of aromatic nitrogens is 1. The Balaban J connectivity index is 2.08. The van der Waals surface area contributed by atoms with Crippen LogP contribution in [0.5, 0.6) is 0 Å². The van der Waals surface area contributed by atoms with E-state index in [9.17, 15) is 14.7 Å². The van der Waals surface area contributed by atoms with Crippen LogP contribution in [-0.4, -0.2) is 22.5 Å². The van der Waals surface area contributed by atoms with Crippen LogP contribution in [0.25, 0.3) is 0 Å². The quantitative estimate of drug-likeness (QED) is 0.805. The van der Waals surface area contributed by atoms with E-state index < -0.39 is 17.6 Å². The molecule has 1 heterocycles. The number of aryl methyl sites for hydroxylation is 1. The van der Waals surface area contributed by atoms with Crippen LogP contribution in [0, 0.1) is 6.92 Å². The SMILES string of the molecule is Cc1cc[nH]c(=O)c1C(=O)NCC(O)c1ccccc1Cl. The zero-order valence-electron chi connectivity index (χ0n) is 11.4. The number of aromatic amines is 1. The summed E-state index contributed by atoms with van der Waals surface area (Å²) in [7, 11) is 0. The molecule has 0 aliphatic rings. The molecule has 0 spiro atoms. The molecule has 0 fully saturated rings. The van der Waals surface area contributed by atoms with Crippen molar-refractivity contribution in [2.24, 2.45) is 0 Å². The van der Waals surface area contributed by atoms with E-state index in [1.807, 2.05) is 0 Å². The average Bonchev–Trinajstić information content (AvgIpc) is 2.45. The Bertz CT molecular complexity index is 712. The lowest BCUT2D eigenvalue weighted by Gasteiger charge is -2.14. The Hall–Kier alpha value is -2.11. The molecule has 0 saturated heterocycles. The first-order chi connectivity index (χ1) is 10.0. The lowest BCUT2D eigenvalue weighted by atomic mass is 10.1. The van der Waals surface area contributed by atoms with E-state index in [1.54, 1.807) is 37.3 Å². The van der Waals surface area contributed by atoms with Gasteiger partial charge in [0.2, 0.25) is 0 Å². The molecule has 1 aromatic heterocycles. The van der Waals surface area contributed by atoms with Crippen molar-refractivity contribution >= 4 is 17.5 Å². The molecule has 2 aromatic rings. The summed E-state index contributed by atoms with van der Waals surface area (Å²) in [6, 6.07) is 8.48. The minimum Gasteiger partial charge on any atom is -0.387 e. The molecule has 0 bridgehead atoms. The van der Waals surface area contributed by atoms with Crippen molar-refractivity contribution in [3.8, 4) is 0 Å². The Morgan fingerprint density at radius 3 is 2.76 bits per heavy atom. The highest BCUT2D eigenvalue weighted by Crippen LogP contribution is 2.21. The Labute approximate surface area is 126 Å². The maximum absolute atomic E-state index is 12.0. The summed E-state index contributed by atoms with van der Waals surface area (Å²) in [4.78, 5) is 26.1. The number of rotatable bonds is 4. The van der Waals surface area contributed by atoms with Crippen molar-refractivity contribution < 1.29 is 9.90 Å². The van der Waals surface area contributed by atoms with Gasteiger partial charge in [-0.3, -0.25) is 9.59 Å². The number of aliphatic hydroxyl groups is 1. The zero-order chi connectivity index (χ0) is 15.4. The van der Waals surface area contributed by atoms with Gasteiger partial charge >= 0.3 is 0 Å². The summed E-state index contributed by atoms with van der Waals surface area (Å²) in [6.07, 6.45) is 0.540. The van der Waals surface area contributed by atoms with Gasteiger partial charge in [0, 0.05) is 23.3 Å². The molecule has 5 nitrogen and oxygen atoms in total. The van der Waals surface area contributed by atoms with Gasteiger partial charge in [0.25, 0.3) is 11.5 Å². The van der Waals surface area contributed by atoms with Gasteiger partial charge in [-0.2, -0.15) is 0 Å². The van der Waals surface area contributed by atoms with Crippen molar-refractivity contribution in [3.63, 3.8) is 0 Å². The maximum Gasteiger partial charge on any atom is 0.261 e. The van der Waals surface area contributed by atoms with Crippen molar-refractivity contribution in [2.75, 3.05) is 6.54 Å². The van der Waals surface area contributed by atoms with E-state index >= 15 is 0 Å². The monoisotopic (exact) mass is 306 g/mol. The fourth-order valence-corrected chi connectivity index (χ4v) is 2.25. The molecule has 6 heteroatoms. The lowest BCUT2D eigenvalue weighted by Crippen LogP contribution is -2.33. The van der Waals surface area contributed by atoms with Crippen LogP contribution in [0.4, 0.5) is 0 Å².